The van der Waals surface area contributed by atoms with Gasteiger partial charge in [-0.1, -0.05) is 56.9 Å². The van der Waals surface area contributed by atoms with Crippen LogP contribution in [0.5, 0.6) is 11.5 Å². The van der Waals surface area contributed by atoms with Gasteiger partial charge in [0.25, 0.3) is 0 Å². The molecule has 2 atom stereocenters. The first-order valence-electron chi connectivity index (χ1n) is 14.3. The first-order valence-corrected chi connectivity index (χ1v) is 14.3. The second kappa shape index (κ2) is 11.4. The Kier molecular flexibility index (Phi) is 8.06. The predicted molar refractivity (Wildman–Crippen MR) is 150 cm³/mol. The van der Waals surface area contributed by atoms with Crippen LogP contribution in [0.3, 0.4) is 0 Å². The maximum atomic E-state index is 6.25. The molecule has 194 valence electrons. The fourth-order valence-corrected chi connectivity index (χ4v) is 6.85. The van der Waals surface area contributed by atoms with Gasteiger partial charge in [-0.15, -0.1) is 0 Å². The zero-order chi connectivity index (χ0) is 25.1. The van der Waals surface area contributed by atoms with Crippen molar-refractivity contribution < 1.29 is 9.47 Å². The van der Waals surface area contributed by atoms with Gasteiger partial charge in [-0.05, 0) is 104 Å². The molecule has 2 fully saturated rings. The highest BCUT2D eigenvalue weighted by molar-refractivity contribution is 5.72. The zero-order valence-electron chi connectivity index (χ0n) is 22.9. The number of likely N-dealkylation sites (tertiary alicyclic amines) is 1. The summed E-state index contributed by atoms with van der Waals surface area (Å²) in [5.74, 6) is 4.47. The van der Waals surface area contributed by atoms with Gasteiger partial charge in [-0.3, -0.25) is 4.90 Å². The highest BCUT2D eigenvalue weighted by atomic mass is 16.5. The molecule has 3 nitrogen and oxygen atoms in total. The van der Waals surface area contributed by atoms with Crippen LogP contribution in [0, 0.1) is 17.8 Å². The van der Waals surface area contributed by atoms with Crippen molar-refractivity contribution in [3.63, 3.8) is 0 Å². The molecular weight excluding hydrogens is 442 g/mol. The van der Waals surface area contributed by atoms with E-state index in [0.717, 1.165) is 41.7 Å². The average molecular weight is 488 g/mol. The van der Waals surface area contributed by atoms with Crippen LogP contribution in [0.2, 0.25) is 0 Å². The van der Waals surface area contributed by atoms with Gasteiger partial charge < -0.3 is 9.47 Å². The Morgan fingerprint density at radius 1 is 0.972 bits per heavy atom. The van der Waals surface area contributed by atoms with Crippen LogP contribution < -0.4 is 9.47 Å². The molecular formula is C33H45NO2. The smallest absolute Gasteiger partial charge is 0.125 e. The van der Waals surface area contributed by atoms with Crippen LogP contribution in [0.4, 0.5) is 0 Å². The Labute approximate surface area is 218 Å². The molecule has 1 heterocycles. The maximum absolute atomic E-state index is 6.25. The van der Waals surface area contributed by atoms with Gasteiger partial charge in [-0.2, -0.15) is 0 Å². The van der Waals surface area contributed by atoms with E-state index in [9.17, 15) is 0 Å². The molecule has 1 saturated carbocycles. The summed E-state index contributed by atoms with van der Waals surface area (Å²) in [6.45, 7) is 11.1. The van der Waals surface area contributed by atoms with Gasteiger partial charge in [0.2, 0.25) is 0 Å². The molecule has 2 aromatic carbocycles. The van der Waals surface area contributed by atoms with Crippen molar-refractivity contribution in [1.82, 2.24) is 4.90 Å². The fourth-order valence-electron chi connectivity index (χ4n) is 6.85. The van der Waals surface area contributed by atoms with Gasteiger partial charge >= 0.3 is 0 Å². The quantitative estimate of drug-likeness (QED) is 0.381. The number of piperidine rings is 1. The van der Waals surface area contributed by atoms with Crippen LogP contribution >= 0.6 is 0 Å². The summed E-state index contributed by atoms with van der Waals surface area (Å²) in [7, 11) is 1.75. The SMILES string of the molecule is COc1cc(CC(C)C)ccc1COc1ccc2c(c1)CCC(CN1CC[C@H]3CCCC[C@@H]3C1)=C2C. The number of methoxy groups -OCH3 is 1. The van der Waals surface area contributed by atoms with E-state index in [4.69, 9.17) is 9.47 Å². The highest BCUT2D eigenvalue weighted by Gasteiger charge is 2.31. The maximum Gasteiger partial charge on any atom is 0.125 e. The van der Waals surface area contributed by atoms with Gasteiger partial charge in [0.15, 0.2) is 0 Å². The topological polar surface area (TPSA) is 21.7 Å². The normalized spacial score (nSPS) is 22.4. The van der Waals surface area contributed by atoms with Crippen LogP contribution in [-0.2, 0) is 19.4 Å². The number of rotatable bonds is 8. The molecule has 0 N–H and O–H groups in total. The number of ether oxygens (including phenoxy) is 2. The van der Waals surface area contributed by atoms with Crippen LogP contribution in [0.25, 0.3) is 5.57 Å². The summed E-state index contributed by atoms with van der Waals surface area (Å²) in [5.41, 5.74) is 8.42. The lowest BCUT2D eigenvalue weighted by molar-refractivity contribution is 0.0929. The van der Waals surface area contributed by atoms with E-state index in [1.54, 1.807) is 12.7 Å². The van der Waals surface area contributed by atoms with Gasteiger partial charge in [0, 0.05) is 18.7 Å². The Hall–Kier alpha value is -2.26. The second-order valence-electron chi connectivity index (χ2n) is 11.9. The number of aryl methyl sites for hydroxylation is 1. The van der Waals surface area contributed by atoms with Crippen molar-refractivity contribution >= 4 is 5.57 Å². The minimum Gasteiger partial charge on any atom is -0.496 e. The van der Waals surface area contributed by atoms with E-state index in [-0.39, 0.29) is 0 Å². The van der Waals surface area contributed by atoms with Gasteiger partial charge in [0.05, 0.1) is 7.11 Å². The van der Waals surface area contributed by atoms with Crippen LogP contribution in [0.15, 0.2) is 42.0 Å². The number of hydrogen-bond donors (Lipinski definition) is 0. The molecule has 0 amide bonds. The monoisotopic (exact) mass is 487 g/mol. The standard InChI is InChI=1S/C33H45NO2/c1-23(2)17-25-9-10-30(33(18-25)35-4)22-36-31-13-14-32-24(3)28(12-11-27(32)19-31)20-34-16-15-26-7-5-6-8-29(26)21-34/h9-10,13-14,18-19,23,26,29H,5-8,11-12,15-17,20-22H2,1-4H3/t26-,29-/m1/s1. The van der Waals surface area contributed by atoms with Crippen molar-refractivity contribution in [2.45, 2.75) is 78.7 Å². The summed E-state index contributed by atoms with van der Waals surface area (Å²) in [5, 5.41) is 0. The number of nitrogens with zero attached hydrogens (tertiary/aromatic N) is 1. The third-order valence-corrected chi connectivity index (χ3v) is 8.89. The number of allylic oxidation sites excluding steroid dienone is 1. The Morgan fingerprint density at radius 2 is 1.81 bits per heavy atom. The zero-order valence-corrected chi connectivity index (χ0v) is 22.9. The van der Waals surface area contributed by atoms with E-state index < -0.39 is 0 Å². The summed E-state index contributed by atoms with van der Waals surface area (Å²) in [4.78, 5) is 2.76. The molecule has 0 spiro atoms. The summed E-state index contributed by atoms with van der Waals surface area (Å²) < 4.78 is 11.9. The summed E-state index contributed by atoms with van der Waals surface area (Å²) in [6.07, 6.45) is 10.6. The van der Waals surface area contributed by atoms with Crippen LogP contribution in [0.1, 0.15) is 81.5 Å². The second-order valence-corrected chi connectivity index (χ2v) is 11.9. The molecule has 36 heavy (non-hydrogen) atoms. The summed E-state index contributed by atoms with van der Waals surface area (Å²) >= 11 is 0. The molecule has 0 aromatic heterocycles. The largest absolute Gasteiger partial charge is 0.496 e. The minimum atomic E-state index is 0.529. The van der Waals surface area contributed by atoms with E-state index in [1.165, 1.54) is 80.4 Å². The lowest BCUT2D eigenvalue weighted by atomic mass is 9.75. The van der Waals surface area contributed by atoms with Crippen molar-refractivity contribution in [3.05, 3.63) is 64.2 Å². The number of benzene rings is 2. The average Bonchev–Trinajstić information content (AvgIpc) is 2.89. The fraction of sp³-hybridized carbons (Fsp3) is 0.576. The van der Waals surface area contributed by atoms with Crippen molar-refractivity contribution in [1.29, 1.82) is 0 Å². The molecule has 0 unspecified atom stereocenters. The first-order chi connectivity index (χ1) is 17.5. The third kappa shape index (κ3) is 5.83. The molecule has 5 rings (SSSR count). The Bertz CT molecular complexity index is 1090. The van der Waals surface area contributed by atoms with E-state index >= 15 is 0 Å². The molecule has 3 heteroatoms. The molecule has 1 saturated heterocycles. The lowest BCUT2D eigenvalue weighted by Crippen LogP contribution is -2.42. The molecule has 2 aliphatic carbocycles. The van der Waals surface area contributed by atoms with Crippen molar-refractivity contribution in [2.24, 2.45) is 17.8 Å². The van der Waals surface area contributed by atoms with Gasteiger partial charge in [-0.25, -0.2) is 0 Å². The van der Waals surface area contributed by atoms with E-state index in [1.807, 2.05) is 0 Å². The van der Waals surface area contributed by atoms with Gasteiger partial charge in [0.1, 0.15) is 18.1 Å². The summed E-state index contributed by atoms with van der Waals surface area (Å²) in [6, 6.07) is 13.2. The number of fused-ring (bicyclic) bond motifs is 2. The predicted octanol–water partition coefficient (Wildman–Crippen LogP) is 7.70. The van der Waals surface area contributed by atoms with Crippen molar-refractivity contribution in [2.75, 3.05) is 26.7 Å². The van der Waals surface area contributed by atoms with Crippen LogP contribution in [-0.4, -0.2) is 31.6 Å². The van der Waals surface area contributed by atoms with E-state index in [0.29, 0.717) is 12.5 Å². The lowest BCUT2D eigenvalue weighted by Gasteiger charge is -2.42. The molecule has 3 aliphatic rings. The Morgan fingerprint density at radius 3 is 2.61 bits per heavy atom. The Balaban J connectivity index is 1.22. The molecule has 2 aromatic rings. The molecule has 0 bridgehead atoms. The minimum absolute atomic E-state index is 0.529. The highest BCUT2D eigenvalue weighted by Crippen LogP contribution is 2.38. The molecule has 0 radical (unpaired) electrons. The first kappa shape index (κ1) is 25.4. The third-order valence-electron chi connectivity index (χ3n) is 8.89. The molecule has 1 aliphatic heterocycles. The van der Waals surface area contributed by atoms with Crippen molar-refractivity contribution in [3.8, 4) is 11.5 Å². The van der Waals surface area contributed by atoms with E-state index in [2.05, 4.69) is 62.1 Å². The number of hydrogen-bond acceptors (Lipinski definition) is 3.